The average Bonchev–Trinajstić information content (AvgIpc) is 3.52. The van der Waals surface area contributed by atoms with Crippen molar-refractivity contribution < 1.29 is 42.5 Å². The monoisotopic (exact) mass is 611 g/mol. The van der Waals surface area contributed by atoms with Crippen molar-refractivity contribution in [2.75, 3.05) is 30.4 Å². The summed E-state index contributed by atoms with van der Waals surface area (Å²) in [5, 5.41) is 25.5. The number of fused-ring (bicyclic) bond motifs is 2. The van der Waals surface area contributed by atoms with Gasteiger partial charge in [-0.15, -0.1) is 0 Å². The molecule has 11 nitrogen and oxygen atoms in total. The molecular weight excluding hydrogens is 583 g/mol. The van der Waals surface area contributed by atoms with Gasteiger partial charge in [0.15, 0.2) is 5.72 Å². The summed E-state index contributed by atoms with van der Waals surface area (Å²) < 4.78 is 36.4. The van der Waals surface area contributed by atoms with Crippen molar-refractivity contribution in [2.45, 2.75) is 30.7 Å². The average molecular weight is 612 g/mol. The number of amides is 2. The summed E-state index contributed by atoms with van der Waals surface area (Å²) in [6.07, 6.45) is -3.67. The molecule has 1 aromatic heterocycles. The Hall–Kier alpha value is -4.95. The lowest BCUT2D eigenvalue weighted by molar-refractivity contribution is -0.192. The normalized spacial score (nSPS) is 18.4. The van der Waals surface area contributed by atoms with Crippen molar-refractivity contribution in [3.05, 3.63) is 89.0 Å². The molecule has 4 aromatic rings. The van der Waals surface area contributed by atoms with Crippen molar-refractivity contribution in [1.82, 2.24) is 15.3 Å². The SMILES string of the molecule is COC(=O)Nc1nc2ccc(C3(O)c4ccccc4C(=O)N3c3cccc(C4CCNCC4)c3)cc2[nH]1.O=C(O)C(F)(F)F. The van der Waals surface area contributed by atoms with Crippen LogP contribution >= 0.6 is 0 Å². The van der Waals surface area contributed by atoms with Gasteiger partial charge in [-0.2, -0.15) is 13.2 Å². The zero-order valence-electron chi connectivity index (χ0n) is 23.3. The number of aromatic amines is 1. The number of aromatic nitrogens is 2. The number of ether oxygens (including phenoxy) is 1. The van der Waals surface area contributed by atoms with E-state index in [1.54, 1.807) is 36.4 Å². The Bertz CT molecular complexity index is 1720. The first-order valence-electron chi connectivity index (χ1n) is 13.6. The van der Waals surface area contributed by atoms with E-state index in [1.807, 2.05) is 24.3 Å². The first kappa shape index (κ1) is 30.5. The number of benzene rings is 3. The number of piperidine rings is 1. The van der Waals surface area contributed by atoms with Crippen molar-refractivity contribution in [3.8, 4) is 0 Å². The molecule has 1 unspecified atom stereocenters. The maximum Gasteiger partial charge on any atom is 0.490 e. The highest BCUT2D eigenvalue weighted by Crippen LogP contribution is 2.46. The lowest BCUT2D eigenvalue weighted by atomic mass is 9.89. The van der Waals surface area contributed by atoms with E-state index < -0.39 is 24.0 Å². The van der Waals surface area contributed by atoms with Crippen LogP contribution in [0.1, 0.15) is 45.8 Å². The number of carboxylic acids is 1. The Morgan fingerprint density at radius 2 is 1.77 bits per heavy atom. The lowest BCUT2D eigenvalue weighted by Crippen LogP contribution is -2.45. The maximum absolute atomic E-state index is 13.8. The summed E-state index contributed by atoms with van der Waals surface area (Å²) in [6.45, 7) is 1.92. The highest BCUT2D eigenvalue weighted by molar-refractivity contribution is 6.12. The van der Waals surface area contributed by atoms with Crippen LogP contribution in [0.25, 0.3) is 11.0 Å². The van der Waals surface area contributed by atoms with Crippen molar-refractivity contribution >= 4 is 40.6 Å². The molecule has 1 atom stereocenters. The summed E-state index contributed by atoms with van der Waals surface area (Å²) >= 11 is 0. The van der Waals surface area contributed by atoms with Gasteiger partial charge < -0.3 is 25.3 Å². The van der Waals surface area contributed by atoms with E-state index in [9.17, 15) is 27.9 Å². The molecule has 5 N–H and O–H groups in total. The van der Waals surface area contributed by atoms with E-state index in [0.29, 0.717) is 39.3 Å². The van der Waals surface area contributed by atoms with Gasteiger partial charge in [0, 0.05) is 22.4 Å². The van der Waals surface area contributed by atoms with Crippen LogP contribution < -0.4 is 15.5 Å². The molecule has 0 saturated carbocycles. The fourth-order valence-corrected chi connectivity index (χ4v) is 5.46. The summed E-state index contributed by atoms with van der Waals surface area (Å²) in [6, 6.07) is 20.3. The Labute approximate surface area is 248 Å². The molecule has 0 aliphatic carbocycles. The molecule has 6 rings (SSSR count). The van der Waals surface area contributed by atoms with E-state index >= 15 is 0 Å². The topological polar surface area (TPSA) is 157 Å². The number of rotatable bonds is 4. The van der Waals surface area contributed by atoms with Crippen molar-refractivity contribution in [1.29, 1.82) is 0 Å². The standard InChI is InChI=1S/C28H27N5O4.C2HF3O2/c1-37-27(35)32-26-30-23-10-9-19(16-24(23)31-26)28(36)22-8-3-2-7-21(22)25(34)33(28)20-6-4-5-18(15-20)17-11-13-29-14-12-17;3-2(4,5)1(6)7/h2-10,15-17,29,36H,11-14H2,1H3,(H2,30,31,32,35);(H,6,7). The first-order valence-corrected chi connectivity index (χ1v) is 13.6. The largest absolute Gasteiger partial charge is 0.490 e. The minimum Gasteiger partial charge on any atom is -0.475 e. The van der Waals surface area contributed by atoms with Gasteiger partial charge in [0.2, 0.25) is 5.95 Å². The van der Waals surface area contributed by atoms with E-state index in [4.69, 9.17) is 9.90 Å². The fraction of sp³-hybridized carbons (Fsp3) is 0.267. The number of carboxylic acid groups (broad SMARTS) is 1. The number of aliphatic hydroxyl groups is 1. The molecular formula is C30H28F3N5O6. The molecule has 3 aromatic carbocycles. The minimum atomic E-state index is -5.08. The number of nitrogens with zero attached hydrogens (tertiary/aromatic N) is 2. The number of imidazole rings is 1. The second-order valence-corrected chi connectivity index (χ2v) is 10.2. The molecule has 0 bridgehead atoms. The van der Waals surface area contributed by atoms with E-state index in [0.717, 1.165) is 31.5 Å². The van der Waals surface area contributed by atoms with Gasteiger partial charge >= 0.3 is 18.2 Å². The smallest absolute Gasteiger partial charge is 0.475 e. The number of alkyl halides is 3. The number of nitrogens with one attached hydrogen (secondary N) is 3. The number of anilines is 2. The van der Waals surface area contributed by atoms with Gasteiger partial charge in [0.25, 0.3) is 5.91 Å². The van der Waals surface area contributed by atoms with Crippen LogP contribution in [-0.2, 0) is 15.3 Å². The third kappa shape index (κ3) is 5.81. The summed E-state index contributed by atoms with van der Waals surface area (Å²) in [5.41, 5.74) is 2.71. The molecule has 0 spiro atoms. The summed E-state index contributed by atoms with van der Waals surface area (Å²) in [5.74, 6) is -2.40. The summed E-state index contributed by atoms with van der Waals surface area (Å²) in [7, 11) is 1.27. The molecule has 2 aliphatic heterocycles. The molecule has 14 heteroatoms. The number of halogens is 3. The zero-order valence-corrected chi connectivity index (χ0v) is 23.3. The zero-order chi connectivity index (χ0) is 31.6. The molecule has 1 saturated heterocycles. The van der Waals surface area contributed by atoms with E-state index in [1.165, 1.54) is 12.0 Å². The number of carbonyl (C=O) groups excluding carboxylic acids is 2. The number of carbonyl (C=O) groups is 3. The van der Waals surface area contributed by atoms with Gasteiger partial charge in [0.05, 0.1) is 18.1 Å². The number of hydrogen-bond donors (Lipinski definition) is 5. The Kier molecular flexibility index (Phi) is 8.30. The Balaban J connectivity index is 0.000000493. The highest BCUT2D eigenvalue weighted by atomic mass is 19.4. The minimum absolute atomic E-state index is 0.223. The molecule has 0 radical (unpaired) electrons. The Morgan fingerprint density at radius 3 is 2.45 bits per heavy atom. The molecule has 1 fully saturated rings. The Morgan fingerprint density at radius 1 is 1.07 bits per heavy atom. The predicted octanol–water partition coefficient (Wildman–Crippen LogP) is 4.70. The molecule has 2 aliphatic rings. The van der Waals surface area contributed by atoms with Crippen LogP contribution in [0.15, 0.2) is 66.7 Å². The van der Waals surface area contributed by atoms with Gasteiger partial charge in [-0.1, -0.05) is 36.4 Å². The fourth-order valence-electron chi connectivity index (χ4n) is 5.46. The number of H-pyrrole nitrogens is 1. The van der Waals surface area contributed by atoms with Gasteiger partial charge in [0.1, 0.15) is 0 Å². The van der Waals surface area contributed by atoms with Crippen LogP contribution in [0, 0.1) is 0 Å². The molecule has 44 heavy (non-hydrogen) atoms. The van der Waals surface area contributed by atoms with Gasteiger partial charge in [-0.3, -0.25) is 15.0 Å². The van der Waals surface area contributed by atoms with Gasteiger partial charge in [-0.05, 0) is 67.7 Å². The van der Waals surface area contributed by atoms with Crippen molar-refractivity contribution in [3.63, 3.8) is 0 Å². The maximum atomic E-state index is 13.8. The van der Waals surface area contributed by atoms with E-state index in [-0.39, 0.29) is 11.9 Å². The van der Waals surface area contributed by atoms with Crippen LogP contribution in [0.2, 0.25) is 0 Å². The number of aliphatic carboxylic acids is 1. The third-order valence-corrected chi connectivity index (χ3v) is 7.53. The lowest BCUT2D eigenvalue weighted by Gasteiger charge is -2.35. The number of hydrogen-bond acceptors (Lipinski definition) is 7. The van der Waals surface area contributed by atoms with Crippen LogP contribution in [0.3, 0.4) is 0 Å². The molecule has 230 valence electrons. The van der Waals surface area contributed by atoms with Crippen LogP contribution in [0.4, 0.5) is 29.6 Å². The first-order chi connectivity index (χ1) is 20.9. The quantitative estimate of drug-likeness (QED) is 0.222. The summed E-state index contributed by atoms with van der Waals surface area (Å²) in [4.78, 5) is 43.2. The van der Waals surface area contributed by atoms with Crippen molar-refractivity contribution in [2.24, 2.45) is 0 Å². The van der Waals surface area contributed by atoms with Crippen LogP contribution in [-0.4, -0.2) is 64.5 Å². The third-order valence-electron chi connectivity index (χ3n) is 7.53. The molecule has 2 amide bonds. The highest BCUT2D eigenvalue weighted by Gasteiger charge is 2.51. The van der Waals surface area contributed by atoms with Crippen LogP contribution in [0.5, 0.6) is 0 Å². The van der Waals surface area contributed by atoms with E-state index in [2.05, 4.69) is 31.4 Å². The predicted molar refractivity (Wildman–Crippen MR) is 153 cm³/mol. The van der Waals surface area contributed by atoms with Gasteiger partial charge in [-0.25, -0.2) is 14.6 Å². The second kappa shape index (κ2) is 12.0. The number of methoxy groups -OCH3 is 1. The second-order valence-electron chi connectivity index (χ2n) is 10.2. The molecule has 3 heterocycles.